The molecular formula is C26H49N2O3+. The van der Waals surface area contributed by atoms with Crippen LogP contribution in [-0.2, 0) is 11.2 Å². The Labute approximate surface area is 190 Å². The third-order valence-corrected chi connectivity index (χ3v) is 6.37. The molecule has 31 heavy (non-hydrogen) atoms. The van der Waals surface area contributed by atoms with Crippen LogP contribution in [0.25, 0.3) is 0 Å². The third-order valence-electron chi connectivity index (χ3n) is 6.37. The first-order valence-electron chi connectivity index (χ1n) is 13.0. The molecule has 0 saturated carbocycles. The van der Waals surface area contributed by atoms with Crippen molar-refractivity contribution in [1.82, 2.24) is 4.98 Å². The van der Waals surface area contributed by atoms with Crippen molar-refractivity contribution in [3.8, 4) is 0 Å². The summed E-state index contributed by atoms with van der Waals surface area (Å²) in [6.45, 7) is 5.65. The highest BCUT2D eigenvalue weighted by Gasteiger charge is 2.26. The van der Waals surface area contributed by atoms with Gasteiger partial charge in [0.2, 0.25) is 0 Å². The van der Waals surface area contributed by atoms with Gasteiger partial charge in [-0.15, -0.1) is 0 Å². The van der Waals surface area contributed by atoms with Crippen molar-refractivity contribution in [2.45, 2.75) is 142 Å². The molecule has 0 aliphatic heterocycles. The second-order valence-corrected chi connectivity index (χ2v) is 9.31. The molecule has 2 atom stereocenters. The number of nitrogens with one attached hydrogen (secondary N) is 1. The lowest BCUT2D eigenvalue weighted by atomic mass is 10.0. The SMILES string of the molecule is CCCCCCCCCCCCCCCCCCc1[nH]c(C(C)O)c[n+]1C(C)C(=O)O. The molecule has 1 aromatic rings. The molecule has 180 valence electrons. The van der Waals surface area contributed by atoms with Crippen LogP contribution in [-0.4, -0.2) is 21.2 Å². The van der Waals surface area contributed by atoms with Crippen molar-refractivity contribution in [3.63, 3.8) is 0 Å². The molecule has 0 aromatic carbocycles. The number of carboxylic acid groups (broad SMARTS) is 1. The Balaban J connectivity index is 2.05. The maximum atomic E-state index is 11.4. The fourth-order valence-electron chi connectivity index (χ4n) is 4.20. The van der Waals surface area contributed by atoms with Gasteiger partial charge in [-0.25, -0.2) is 14.3 Å². The number of nitrogens with zero attached hydrogens (tertiary/aromatic N) is 1. The molecule has 0 aliphatic rings. The summed E-state index contributed by atoms with van der Waals surface area (Å²) in [5.74, 6) is 0.0468. The Kier molecular flexibility index (Phi) is 15.4. The van der Waals surface area contributed by atoms with Gasteiger partial charge in [-0.3, -0.25) is 0 Å². The molecule has 0 spiro atoms. The second kappa shape index (κ2) is 17.2. The molecule has 3 N–H and O–H groups in total. The van der Waals surface area contributed by atoms with Gasteiger partial charge >= 0.3 is 5.97 Å². The van der Waals surface area contributed by atoms with Gasteiger partial charge in [0.15, 0.2) is 11.7 Å². The minimum absolute atomic E-state index is 0.619. The van der Waals surface area contributed by atoms with E-state index in [1.54, 1.807) is 24.6 Å². The van der Waals surface area contributed by atoms with Crippen LogP contribution in [0.2, 0.25) is 0 Å². The van der Waals surface area contributed by atoms with Crippen LogP contribution >= 0.6 is 0 Å². The first kappa shape index (κ1) is 27.7. The van der Waals surface area contributed by atoms with E-state index in [1.807, 2.05) is 0 Å². The summed E-state index contributed by atoms with van der Waals surface area (Å²) in [6.07, 6.45) is 23.5. The van der Waals surface area contributed by atoms with Gasteiger partial charge in [0, 0.05) is 6.42 Å². The van der Waals surface area contributed by atoms with Crippen LogP contribution in [0, 0.1) is 0 Å². The van der Waals surface area contributed by atoms with E-state index in [9.17, 15) is 15.0 Å². The van der Waals surface area contributed by atoms with Gasteiger partial charge in [-0.05, 0) is 20.3 Å². The van der Waals surface area contributed by atoms with E-state index < -0.39 is 18.1 Å². The van der Waals surface area contributed by atoms with E-state index in [4.69, 9.17) is 0 Å². The molecule has 0 saturated heterocycles. The molecule has 2 unspecified atom stereocenters. The Morgan fingerprint density at radius 2 is 1.26 bits per heavy atom. The lowest BCUT2D eigenvalue weighted by Crippen LogP contribution is -2.44. The molecule has 5 nitrogen and oxygen atoms in total. The number of carboxylic acids is 1. The standard InChI is InChI=1S/C26H48N2O3/c1-4-5-6-7-8-9-10-11-12-13-14-15-16-17-18-19-20-25-27-24(23(3)29)21-28(25)22(2)26(30)31/h21-23,29H,4-20H2,1-3H3,(H,30,31)/p+1. The molecule has 0 aliphatic carbocycles. The topological polar surface area (TPSA) is 77.2 Å². The highest BCUT2D eigenvalue weighted by molar-refractivity contribution is 5.69. The van der Waals surface area contributed by atoms with Crippen LogP contribution in [0.1, 0.15) is 147 Å². The number of unbranched alkanes of at least 4 members (excludes halogenated alkanes) is 15. The van der Waals surface area contributed by atoms with Crippen molar-refractivity contribution in [2.24, 2.45) is 0 Å². The fraction of sp³-hybridized carbons (Fsp3) is 0.846. The fourth-order valence-corrected chi connectivity index (χ4v) is 4.20. The molecule has 0 radical (unpaired) electrons. The number of aromatic nitrogens is 2. The predicted molar refractivity (Wildman–Crippen MR) is 127 cm³/mol. The average Bonchev–Trinajstić information content (AvgIpc) is 3.17. The molecule has 1 rings (SSSR count). The summed E-state index contributed by atoms with van der Waals surface area (Å²) in [7, 11) is 0. The number of carbonyl (C=O) groups is 1. The molecular weight excluding hydrogens is 388 g/mol. The Morgan fingerprint density at radius 1 is 0.839 bits per heavy atom. The minimum atomic E-state index is -0.852. The highest BCUT2D eigenvalue weighted by Crippen LogP contribution is 2.15. The minimum Gasteiger partial charge on any atom is -0.478 e. The Bertz CT molecular complexity index is 583. The number of aromatic amines is 1. The van der Waals surface area contributed by atoms with Crippen LogP contribution < -0.4 is 4.57 Å². The number of aliphatic carboxylic acids is 1. The highest BCUT2D eigenvalue weighted by atomic mass is 16.4. The van der Waals surface area contributed by atoms with Crippen molar-refractivity contribution in [1.29, 1.82) is 0 Å². The number of imidazole rings is 1. The van der Waals surface area contributed by atoms with Gasteiger partial charge in [0.1, 0.15) is 12.3 Å². The predicted octanol–water partition coefficient (Wildman–Crippen LogP) is 6.81. The third kappa shape index (κ3) is 12.3. The van der Waals surface area contributed by atoms with E-state index >= 15 is 0 Å². The Morgan fingerprint density at radius 3 is 1.65 bits per heavy atom. The van der Waals surface area contributed by atoms with Crippen molar-refractivity contribution >= 4 is 5.97 Å². The summed E-state index contributed by atoms with van der Waals surface area (Å²) >= 11 is 0. The van der Waals surface area contributed by atoms with Crippen molar-refractivity contribution < 1.29 is 19.6 Å². The maximum absolute atomic E-state index is 11.4. The summed E-state index contributed by atoms with van der Waals surface area (Å²) < 4.78 is 1.76. The molecule has 1 aromatic heterocycles. The maximum Gasteiger partial charge on any atom is 0.349 e. The molecule has 1 heterocycles. The van der Waals surface area contributed by atoms with Gasteiger partial charge in [-0.2, -0.15) is 0 Å². The van der Waals surface area contributed by atoms with E-state index in [0.717, 1.165) is 18.7 Å². The largest absolute Gasteiger partial charge is 0.478 e. The Hall–Kier alpha value is -1.36. The summed E-state index contributed by atoms with van der Waals surface area (Å²) in [5, 5.41) is 19.1. The molecule has 5 heteroatoms. The molecule has 0 bridgehead atoms. The lowest BCUT2D eigenvalue weighted by molar-refractivity contribution is -0.713. The van der Waals surface area contributed by atoms with Gasteiger partial charge in [0.05, 0.1) is 0 Å². The van der Waals surface area contributed by atoms with Crippen LogP contribution in [0.4, 0.5) is 0 Å². The van der Waals surface area contributed by atoms with Crippen LogP contribution in [0.5, 0.6) is 0 Å². The average molecular weight is 438 g/mol. The number of aliphatic hydroxyl groups is 1. The van der Waals surface area contributed by atoms with Gasteiger partial charge in [0.25, 0.3) is 5.82 Å². The zero-order chi connectivity index (χ0) is 22.9. The van der Waals surface area contributed by atoms with E-state index in [1.165, 1.54) is 96.3 Å². The van der Waals surface area contributed by atoms with Crippen molar-refractivity contribution in [2.75, 3.05) is 0 Å². The monoisotopic (exact) mass is 437 g/mol. The van der Waals surface area contributed by atoms with Crippen molar-refractivity contribution in [3.05, 3.63) is 17.7 Å². The summed E-state index contributed by atoms with van der Waals surface area (Å²) in [5.41, 5.74) is 0.680. The lowest BCUT2D eigenvalue weighted by Gasteiger charge is -2.05. The number of aryl methyl sites for hydroxylation is 1. The number of hydrogen-bond acceptors (Lipinski definition) is 2. The van der Waals surface area contributed by atoms with Crippen LogP contribution in [0.3, 0.4) is 0 Å². The van der Waals surface area contributed by atoms with E-state index in [2.05, 4.69) is 11.9 Å². The van der Waals surface area contributed by atoms with Crippen LogP contribution in [0.15, 0.2) is 6.20 Å². The number of hydrogen-bond donors (Lipinski definition) is 3. The molecule has 0 fully saturated rings. The zero-order valence-electron chi connectivity index (χ0n) is 20.5. The van der Waals surface area contributed by atoms with E-state index in [-0.39, 0.29) is 0 Å². The quantitative estimate of drug-likeness (QED) is 0.155. The number of H-pyrrole nitrogens is 1. The normalized spacial score (nSPS) is 13.4. The molecule has 0 amide bonds. The first-order valence-corrected chi connectivity index (χ1v) is 13.0. The van der Waals surface area contributed by atoms with Gasteiger partial charge in [-0.1, -0.05) is 103 Å². The summed E-state index contributed by atoms with van der Waals surface area (Å²) in [6, 6.07) is -0.625. The number of aliphatic hydroxyl groups excluding tert-OH is 1. The number of rotatable bonds is 20. The summed E-state index contributed by atoms with van der Waals surface area (Å²) in [4.78, 5) is 14.6. The second-order valence-electron chi connectivity index (χ2n) is 9.31. The van der Waals surface area contributed by atoms with E-state index in [0.29, 0.717) is 5.69 Å². The van der Waals surface area contributed by atoms with Gasteiger partial charge < -0.3 is 10.2 Å². The zero-order valence-corrected chi connectivity index (χ0v) is 20.5. The smallest absolute Gasteiger partial charge is 0.349 e. The first-order chi connectivity index (χ1) is 15.0.